The standard InChI is InChI=1S/C32H33FO9S/c1-17-6-7-23(14-24(17)15-26-12-13-28(43-26)22-8-10-25(33)11-9-22)29-31(40-20(4)36)32(41-21(5)37)30(42-29)27(39-19(3)35)16-38-18(2)34/h6-14,27,29-32H,15-16H2,1-5H3/t27-,29+,30+,31+,32+/m1/s1. The van der Waals surface area contributed by atoms with Crippen LogP contribution in [-0.2, 0) is 49.3 Å². The second-order valence-electron chi connectivity index (χ2n) is 10.3. The molecule has 0 aliphatic carbocycles. The first-order valence-electron chi connectivity index (χ1n) is 13.7. The minimum absolute atomic E-state index is 0.294. The van der Waals surface area contributed by atoms with Gasteiger partial charge in [0.25, 0.3) is 0 Å². The van der Waals surface area contributed by atoms with Crippen LogP contribution in [0.2, 0.25) is 0 Å². The van der Waals surface area contributed by atoms with E-state index in [2.05, 4.69) is 0 Å². The number of benzene rings is 2. The molecule has 1 aliphatic heterocycles. The fourth-order valence-electron chi connectivity index (χ4n) is 4.99. The van der Waals surface area contributed by atoms with Gasteiger partial charge in [0.2, 0.25) is 0 Å². The summed E-state index contributed by atoms with van der Waals surface area (Å²) in [4.78, 5) is 49.9. The van der Waals surface area contributed by atoms with Crippen LogP contribution in [0.25, 0.3) is 10.4 Å². The number of aryl methyl sites for hydroxylation is 1. The zero-order valence-corrected chi connectivity index (χ0v) is 25.3. The lowest BCUT2D eigenvalue weighted by atomic mass is 9.95. The van der Waals surface area contributed by atoms with Crippen molar-refractivity contribution in [3.8, 4) is 10.4 Å². The summed E-state index contributed by atoms with van der Waals surface area (Å²) in [6, 6.07) is 16.0. The van der Waals surface area contributed by atoms with Crippen molar-refractivity contribution in [2.45, 2.75) is 71.6 Å². The van der Waals surface area contributed by atoms with Crippen LogP contribution in [-0.4, -0.2) is 54.9 Å². The Labute approximate surface area is 252 Å². The average molecular weight is 613 g/mol. The quantitative estimate of drug-likeness (QED) is 0.224. The molecule has 0 bridgehead atoms. The molecule has 3 aromatic rings. The second-order valence-corrected chi connectivity index (χ2v) is 11.4. The summed E-state index contributed by atoms with van der Waals surface area (Å²) in [5.41, 5.74) is 3.57. The Balaban J connectivity index is 1.67. The first-order chi connectivity index (χ1) is 20.4. The van der Waals surface area contributed by atoms with E-state index in [9.17, 15) is 23.6 Å². The van der Waals surface area contributed by atoms with Crippen molar-refractivity contribution in [2.75, 3.05) is 6.61 Å². The van der Waals surface area contributed by atoms with Gasteiger partial charge in [0, 0.05) is 43.9 Å². The molecule has 1 saturated heterocycles. The van der Waals surface area contributed by atoms with Crippen LogP contribution >= 0.6 is 11.3 Å². The lowest BCUT2D eigenvalue weighted by Crippen LogP contribution is -2.46. The zero-order chi connectivity index (χ0) is 31.3. The topological polar surface area (TPSA) is 114 Å². The minimum Gasteiger partial charge on any atom is -0.462 e. The van der Waals surface area contributed by atoms with Crippen LogP contribution in [0.4, 0.5) is 4.39 Å². The first kappa shape index (κ1) is 31.8. The first-order valence-corrected chi connectivity index (χ1v) is 14.5. The normalized spacial score (nSPS) is 20.2. The Hall–Kier alpha value is -4.09. The van der Waals surface area contributed by atoms with E-state index in [4.69, 9.17) is 23.7 Å². The molecule has 228 valence electrons. The molecule has 1 aliphatic rings. The van der Waals surface area contributed by atoms with Crippen LogP contribution < -0.4 is 0 Å². The van der Waals surface area contributed by atoms with E-state index in [0.717, 1.165) is 26.4 Å². The van der Waals surface area contributed by atoms with Gasteiger partial charge < -0.3 is 23.7 Å². The largest absolute Gasteiger partial charge is 0.462 e. The molecule has 2 aromatic carbocycles. The molecule has 0 N–H and O–H groups in total. The highest BCUT2D eigenvalue weighted by molar-refractivity contribution is 7.15. The summed E-state index contributed by atoms with van der Waals surface area (Å²) in [6.07, 6.45) is -4.80. The SMILES string of the molecule is CC(=O)OC[C@@H](OC(C)=O)[C@@H]1O[C@@H](c2ccc(C)c(Cc3ccc(-c4ccc(F)cc4)s3)c2)[C@H](OC(C)=O)[C@H]1OC(C)=O. The lowest BCUT2D eigenvalue weighted by Gasteiger charge is -2.27. The predicted octanol–water partition coefficient (Wildman–Crippen LogP) is 5.25. The second kappa shape index (κ2) is 13.9. The summed E-state index contributed by atoms with van der Waals surface area (Å²) in [5, 5.41) is 0. The number of hydrogen-bond donors (Lipinski definition) is 0. The molecule has 0 unspecified atom stereocenters. The molecule has 9 nitrogen and oxygen atoms in total. The molecule has 11 heteroatoms. The fraction of sp³-hybridized carbons (Fsp3) is 0.375. The highest BCUT2D eigenvalue weighted by Gasteiger charge is 2.53. The molecule has 1 fully saturated rings. The summed E-state index contributed by atoms with van der Waals surface area (Å²) >= 11 is 1.60. The predicted molar refractivity (Wildman–Crippen MR) is 155 cm³/mol. The Kier molecular flexibility index (Phi) is 10.3. The Bertz CT molecular complexity index is 1480. The molecule has 0 saturated carbocycles. The molecule has 0 spiro atoms. The molecular formula is C32H33FO9S. The summed E-state index contributed by atoms with van der Waals surface area (Å²) < 4.78 is 41.4. The van der Waals surface area contributed by atoms with E-state index in [1.807, 2.05) is 37.3 Å². The van der Waals surface area contributed by atoms with E-state index in [1.165, 1.54) is 39.8 Å². The molecule has 0 radical (unpaired) electrons. The Morgan fingerprint density at radius 1 is 0.860 bits per heavy atom. The molecule has 43 heavy (non-hydrogen) atoms. The number of ether oxygens (including phenoxy) is 5. The maximum absolute atomic E-state index is 13.4. The van der Waals surface area contributed by atoms with Crippen LogP contribution in [0.3, 0.4) is 0 Å². The van der Waals surface area contributed by atoms with Gasteiger partial charge in [-0.15, -0.1) is 11.3 Å². The Morgan fingerprint density at radius 2 is 1.53 bits per heavy atom. The number of thiophene rings is 1. The number of halogens is 1. The van der Waals surface area contributed by atoms with Crippen LogP contribution in [0.15, 0.2) is 54.6 Å². The third-order valence-corrected chi connectivity index (χ3v) is 7.98. The van der Waals surface area contributed by atoms with Gasteiger partial charge in [-0.1, -0.05) is 30.3 Å². The van der Waals surface area contributed by atoms with E-state index in [0.29, 0.717) is 12.0 Å². The lowest BCUT2D eigenvalue weighted by molar-refractivity contribution is -0.176. The zero-order valence-electron chi connectivity index (χ0n) is 24.5. The number of esters is 4. The molecule has 4 rings (SSSR count). The van der Waals surface area contributed by atoms with Gasteiger partial charge in [0.05, 0.1) is 0 Å². The summed E-state index contributed by atoms with van der Waals surface area (Å²) in [7, 11) is 0. The molecule has 2 heterocycles. The van der Waals surface area contributed by atoms with Crippen molar-refractivity contribution in [3.63, 3.8) is 0 Å². The van der Waals surface area contributed by atoms with Crippen molar-refractivity contribution in [1.29, 1.82) is 0 Å². The van der Waals surface area contributed by atoms with Gasteiger partial charge in [-0.2, -0.15) is 0 Å². The van der Waals surface area contributed by atoms with Crippen LogP contribution in [0.1, 0.15) is 55.4 Å². The smallest absolute Gasteiger partial charge is 0.303 e. The van der Waals surface area contributed by atoms with Crippen molar-refractivity contribution >= 4 is 35.2 Å². The molecule has 0 amide bonds. The maximum Gasteiger partial charge on any atom is 0.303 e. The third-order valence-electron chi connectivity index (χ3n) is 6.85. The van der Waals surface area contributed by atoms with Gasteiger partial charge in [0.1, 0.15) is 24.6 Å². The summed E-state index contributed by atoms with van der Waals surface area (Å²) in [6.45, 7) is 6.45. The molecule has 5 atom stereocenters. The van der Waals surface area contributed by atoms with Gasteiger partial charge in [-0.25, -0.2) is 4.39 Å². The summed E-state index contributed by atoms with van der Waals surface area (Å²) in [5.74, 6) is -2.85. The number of hydrogen-bond acceptors (Lipinski definition) is 10. The highest BCUT2D eigenvalue weighted by Crippen LogP contribution is 2.40. The maximum atomic E-state index is 13.4. The van der Waals surface area contributed by atoms with Crippen LogP contribution in [0, 0.1) is 12.7 Å². The van der Waals surface area contributed by atoms with Crippen molar-refractivity contribution in [3.05, 3.63) is 82.0 Å². The van der Waals surface area contributed by atoms with Crippen molar-refractivity contribution in [2.24, 2.45) is 0 Å². The monoisotopic (exact) mass is 612 g/mol. The Morgan fingerprint density at radius 3 is 2.16 bits per heavy atom. The van der Waals surface area contributed by atoms with Gasteiger partial charge >= 0.3 is 23.9 Å². The number of rotatable bonds is 10. The molecular weight excluding hydrogens is 579 g/mol. The number of carbonyl (C=O) groups excluding carboxylic acids is 4. The van der Waals surface area contributed by atoms with E-state index in [-0.39, 0.29) is 12.4 Å². The number of carbonyl (C=O) groups is 4. The van der Waals surface area contributed by atoms with E-state index in [1.54, 1.807) is 23.5 Å². The average Bonchev–Trinajstić information content (AvgIpc) is 3.52. The highest BCUT2D eigenvalue weighted by atomic mass is 32.1. The van der Waals surface area contributed by atoms with Gasteiger partial charge in [-0.3, -0.25) is 19.2 Å². The van der Waals surface area contributed by atoms with E-state index < -0.39 is 54.4 Å². The van der Waals surface area contributed by atoms with Gasteiger partial charge in [-0.05, 0) is 53.4 Å². The van der Waals surface area contributed by atoms with Gasteiger partial charge in [0.15, 0.2) is 18.3 Å². The van der Waals surface area contributed by atoms with E-state index >= 15 is 0 Å². The van der Waals surface area contributed by atoms with Crippen LogP contribution in [0.5, 0.6) is 0 Å². The van der Waals surface area contributed by atoms with Crippen molar-refractivity contribution in [1.82, 2.24) is 0 Å². The van der Waals surface area contributed by atoms with Crippen molar-refractivity contribution < 1.29 is 47.3 Å². The third kappa shape index (κ3) is 8.26. The fourth-order valence-corrected chi connectivity index (χ4v) is 6.03. The molecule has 1 aromatic heterocycles. The minimum atomic E-state index is -1.16.